The number of piperidine rings is 1. The van der Waals surface area contributed by atoms with Gasteiger partial charge in [0.15, 0.2) is 0 Å². The summed E-state index contributed by atoms with van der Waals surface area (Å²) in [4.78, 5) is 23.5. The Bertz CT molecular complexity index is 320. The minimum absolute atomic E-state index is 0.00852. The maximum atomic E-state index is 11.9. The largest absolute Gasteiger partial charge is 0.296 e. The second-order valence-electron chi connectivity index (χ2n) is 6.11. The van der Waals surface area contributed by atoms with Gasteiger partial charge in [0.1, 0.15) is 0 Å². The summed E-state index contributed by atoms with van der Waals surface area (Å²) in [5.74, 6) is 0.895. The van der Waals surface area contributed by atoms with Crippen LogP contribution in [-0.2, 0) is 9.59 Å². The summed E-state index contributed by atoms with van der Waals surface area (Å²) >= 11 is 0. The van der Waals surface area contributed by atoms with Crippen LogP contribution in [0.5, 0.6) is 0 Å². The quantitative estimate of drug-likeness (QED) is 0.745. The lowest BCUT2D eigenvalue weighted by Gasteiger charge is -2.42. The third-order valence-electron chi connectivity index (χ3n) is 3.98. The van der Waals surface area contributed by atoms with Crippen LogP contribution in [0, 0.1) is 23.2 Å². The zero-order valence-electron chi connectivity index (χ0n) is 10.4. The lowest BCUT2D eigenvalue weighted by Crippen LogP contribution is -2.53. The van der Waals surface area contributed by atoms with Gasteiger partial charge in [0.25, 0.3) is 0 Å². The van der Waals surface area contributed by atoms with E-state index in [0.717, 1.165) is 12.3 Å². The van der Waals surface area contributed by atoms with Crippen molar-refractivity contribution in [3.63, 3.8) is 0 Å². The molecule has 2 fully saturated rings. The molecule has 0 radical (unpaired) electrons. The second-order valence-corrected chi connectivity index (χ2v) is 6.11. The Kier molecular flexibility index (Phi) is 2.81. The summed E-state index contributed by atoms with van der Waals surface area (Å²) in [5, 5.41) is 2.48. The first-order valence-electron chi connectivity index (χ1n) is 6.26. The Balaban J connectivity index is 2.21. The zero-order chi connectivity index (χ0) is 11.9. The van der Waals surface area contributed by atoms with Gasteiger partial charge in [-0.05, 0) is 23.7 Å². The molecular weight excluding hydrogens is 202 g/mol. The minimum Gasteiger partial charge on any atom is -0.296 e. The van der Waals surface area contributed by atoms with Crippen molar-refractivity contribution >= 4 is 11.8 Å². The SMILES string of the molecule is CC(C)C1C(=O)NC(=O)CC1(C)CC1CC1. The lowest BCUT2D eigenvalue weighted by molar-refractivity contribution is -0.145. The molecule has 2 unspecified atom stereocenters. The van der Waals surface area contributed by atoms with Gasteiger partial charge in [-0.2, -0.15) is 0 Å². The molecule has 2 aliphatic rings. The van der Waals surface area contributed by atoms with E-state index in [1.54, 1.807) is 0 Å². The number of rotatable bonds is 3. The summed E-state index contributed by atoms with van der Waals surface area (Å²) in [6.07, 6.45) is 4.10. The van der Waals surface area contributed by atoms with Gasteiger partial charge < -0.3 is 0 Å². The molecule has 1 aliphatic carbocycles. The van der Waals surface area contributed by atoms with E-state index in [-0.39, 0.29) is 23.1 Å². The molecule has 1 N–H and O–H groups in total. The predicted molar refractivity (Wildman–Crippen MR) is 61.5 cm³/mol. The summed E-state index contributed by atoms with van der Waals surface area (Å²) in [7, 11) is 0. The third kappa shape index (κ3) is 2.13. The van der Waals surface area contributed by atoms with E-state index in [1.165, 1.54) is 12.8 Å². The molecule has 0 aromatic rings. The molecule has 1 aliphatic heterocycles. The monoisotopic (exact) mass is 223 g/mol. The highest BCUT2D eigenvalue weighted by Crippen LogP contribution is 2.49. The third-order valence-corrected chi connectivity index (χ3v) is 3.98. The number of carbonyl (C=O) groups is 2. The molecule has 90 valence electrons. The predicted octanol–water partition coefficient (Wildman–Crippen LogP) is 2.11. The number of hydrogen-bond donors (Lipinski definition) is 1. The van der Waals surface area contributed by atoms with Crippen LogP contribution in [0.25, 0.3) is 0 Å². The molecule has 1 heterocycles. The van der Waals surface area contributed by atoms with Gasteiger partial charge in [-0.1, -0.05) is 33.6 Å². The van der Waals surface area contributed by atoms with E-state index < -0.39 is 0 Å². The number of nitrogens with one attached hydrogen (secondary N) is 1. The van der Waals surface area contributed by atoms with Crippen LogP contribution in [0.15, 0.2) is 0 Å². The number of hydrogen-bond acceptors (Lipinski definition) is 2. The fourth-order valence-corrected chi connectivity index (χ4v) is 3.34. The minimum atomic E-state index is -0.116. The van der Waals surface area contributed by atoms with Crippen LogP contribution in [0.1, 0.15) is 46.5 Å². The first kappa shape index (κ1) is 11.6. The Morgan fingerprint density at radius 3 is 2.50 bits per heavy atom. The fourth-order valence-electron chi connectivity index (χ4n) is 3.34. The molecule has 2 amide bonds. The summed E-state index contributed by atoms with van der Waals surface area (Å²) < 4.78 is 0. The maximum Gasteiger partial charge on any atom is 0.230 e. The molecule has 1 saturated carbocycles. The van der Waals surface area contributed by atoms with E-state index >= 15 is 0 Å². The Labute approximate surface area is 97.0 Å². The molecule has 2 rings (SSSR count). The van der Waals surface area contributed by atoms with Crippen LogP contribution in [0.2, 0.25) is 0 Å². The summed E-state index contributed by atoms with van der Waals surface area (Å²) in [6.45, 7) is 6.27. The molecule has 0 aromatic carbocycles. The highest BCUT2D eigenvalue weighted by molar-refractivity contribution is 5.99. The highest BCUT2D eigenvalue weighted by atomic mass is 16.2. The van der Waals surface area contributed by atoms with E-state index in [9.17, 15) is 9.59 Å². The summed E-state index contributed by atoms with van der Waals surface area (Å²) in [5.41, 5.74) is -0.116. The number of amides is 2. The normalized spacial score (nSPS) is 35.4. The smallest absolute Gasteiger partial charge is 0.230 e. The van der Waals surface area contributed by atoms with E-state index in [4.69, 9.17) is 0 Å². The molecule has 3 heteroatoms. The molecule has 16 heavy (non-hydrogen) atoms. The van der Waals surface area contributed by atoms with Crippen molar-refractivity contribution < 1.29 is 9.59 Å². The highest BCUT2D eigenvalue weighted by Gasteiger charge is 2.48. The van der Waals surface area contributed by atoms with E-state index in [2.05, 4.69) is 26.1 Å². The van der Waals surface area contributed by atoms with Gasteiger partial charge in [-0.25, -0.2) is 0 Å². The number of carbonyl (C=O) groups excluding carboxylic acids is 2. The van der Waals surface area contributed by atoms with Crippen molar-refractivity contribution in [2.75, 3.05) is 0 Å². The van der Waals surface area contributed by atoms with Gasteiger partial charge in [0.05, 0.1) is 0 Å². The van der Waals surface area contributed by atoms with E-state index in [1.807, 2.05) is 0 Å². The zero-order valence-corrected chi connectivity index (χ0v) is 10.4. The van der Waals surface area contributed by atoms with Crippen LogP contribution in [0.4, 0.5) is 0 Å². The van der Waals surface area contributed by atoms with Gasteiger partial charge in [0, 0.05) is 12.3 Å². The van der Waals surface area contributed by atoms with Gasteiger partial charge in [-0.15, -0.1) is 0 Å². The van der Waals surface area contributed by atoms with Crippen molar-refractivity contribution in [2.24, 2.45) is 23.2 Å². The van der Waals surface area contributed by atoms with Gasteiger partial charge >= 0.3 is 0 Å². The van der Waals surface area contributed by atoms with Crippen molar-refractivity contribution in [1.82, 2.24) is 5.32 Å². The van der Waals surface area contributed by atoms with Crippen molar-refractivity contribution in [3.8, 4) is 0 Å². The fraction of sp³-hybridized carbons (Fsp3) is 0.846. The van der Waals surface area contributed by atoms with Crippen LogP contribution in [0.3, 0.4) is 0 Å². The Morgan fingerprint density at radius 2 is 2.00 bits per heavy atom. The number of imide groups is 1. The molecular formula is C13H21NO2. The van der Waals surface area contributed by atoms with Gasteiger partial charge in [0.2, 0.25) is 11.8 Å². The Hall–Kier alpha value is -0.860. The molecule has 0 bridgehead atoms. The summed E-state index contributed by atoms with van der Waals surface area (Å²) in [6, 6.07) is 0. The molecule has 1 saturated heterocycles. The molecule has 0 aromatic heterocycles. The van der Waals surface area contributed by atoms with Crippen LogP contribution in [-0.4, -0.2) is 11.8 Å². The average Bonchev–Trinajstić information content (AvgIpc) is 2.83. The molecule has 3 nitrogen and oxygen atoms in total. The average molecular weight is 223 g/mol. The maximum absolute atomic E-state index is 11.9. The van der Waals surface area contributed by atoms with Gasteiger partial charge in [-0.3, -0.25) is 14.9 Å². The molecule has 2 atom stereocenters. The standard InChI is InChI=1S/C13H21NO2/c1-8(2)11-12(16)14-10(15)7-13(11,3)6-9-4-5-9/h8-9,11H,4-7H2,1-3H3,(H,14,15,16). The van der Waals surface area contributed by atoms with Crippen molar-refractivity contribution in [1.29, 1.82) is 0 Å². The van der Waals surface area contributed by atoms with Crippen molar-refractivity contribution in [2.45, 2.75) is 46.5 Å². The first-order chi connectivity index (χ1) is 7.42. The van der Waals surface area contributed by atoms with Crippen LogP contribution >= 0.6 is 0 Å². The van der Waals surface area contributed by atoms with Crippen LogP contribution < -0.4 is 5.32 Å². The Morgan fingerprint density at radius 1 is 1.38 bits per heavy atom. The second kappa shape index (κ2) is 3.86. The first-order valence-corrected chi connectivity index (χ1v) is 6.26. The topological polar surface area (TPSA) is 46.2 Å². The lowest BCUT2D eigenvalue weighted by atomic mass is 9.64. The van der Waals surface area contributed by atoms with Crippen molar-refractivity contribution in [3.05, 3.63) is 0 Å². The van der Waals surface area contributed by atoms with E-state index in [0.29, 0.717) is 12.3 Å². The molecule has 0 spiro atoms.